The SMILES string of the molecule is CCC1CN(C(=O)OC(C)(C)C)C2CCN1C2. The topological polar surface area (TPSA) is 32.8 Å². The molecule has 0 spiro atoms. The predicted octanol–water partition coefficient (Wildman–Crippen LogP) is 2.09. The van der Waals surface area contributed by atoms with E-state index in [0.717, 1.165) is 32.5 Å². The Kier molecular flexibility index (Phi) is 3.34. The van der Waals surface area contributed by atoms with Crippen molar-refractivity contribution in [3.05, 3.63) is 0 Å². The van der Waals surface area contributed by atoms with E-state index < -0.39 is 5.60 Å². The number of carbonyl (C=O) groups is 1. The first-order valence-electron chi connectivity index (χ1n) is 6.64. The third-order valence-corrected chi connectivity index (χ3v) is 3.66. The zero-order valence-electron chi connectivity index (χ0n) is 11.4. The van der Waals surface area contributed by atoms with Gasteiger partial charge in [0.05, 0.1) is 0 Å². The highest BCUT2D eigenvalue weighted by Gasteiger charge is 2.41. The zero-order valence-corrected chi connectivity index (χ0v) is 11.4. The summed E-state index contributed by atoms with van der Waals surface area (Å²) in [6.07, 6.45) is 2.06. The molecule has 0 aliphatic carbocycles. The van der Waals surface area contributed by atoms with Crippen molar-refractivity contribution < 1.29 is 9.53 Å². The number of nitrogens with zero attached hydrogens (tertiary/aromatic N) is 2. The normalized spacial score (nSPS) is 32.7. The predicted molar refractivity (Wildman–Crippen MR) is 67.0 cm³/mol. The van der Waals surface area contributed by atoms with Crippen LogP contribution in [0.5, 0.6) is 0 Å². The van der Waals surface area contributed by atoms with Gasteiger partial charge in [0, 0.05) is 31.7 Å². The van der Waals surface area contributed by atoms with Gasteiger partial charge < -0.3 is 9.64 Å². The van der Waals surface area contributed by atoms with E-state index in [1.807, 2.05) is 25.7 Å². The summed E-state index contributed by atoms with van der Waals surface area (Å²) in [5.74, 6) is 0. The molecule has 0 N–H and O–H groups in total. The minimum Gasteiger partial charge on any atom is -0.444 e. The molecule has 2 saturated heterocycles. The molecule has 2 aliphatic rings. The van der Waals surface area contributed by atoms with Crippen LogP contribution in [0.3, 0.4) is 0 Å². The molecule has 0 saturated carbocycles. The largest absolute Gasteiger partial charge is 0.444 e. The fourth-order valence-corrected chi connectivity index (χ4v) is 2.78. The van der Waals surface area contributed by atoms with Crippen LogP contribution in [-0.4, -0.2) is 53.2 Å². The summed E-state index contributed by atoms with van der Waals surface area (Å²) in [6, 6.07) is 0.883. The van der Waals surface area contributed by atoms with Crippen LogP contribution in [0.15, 0.2) is 0 Å². The monoisotopic (exact) mass is 240 g/mol. The Bertz CT molecular complexity index is 298. The molecular formula is C13H24N2O2. The molecule has 0 aromatic rings. The molecule has 2 aliphatic heterocycles. The van der Waals surface area contributed by atoms with E-state index in [2.05, 4.69) is 11.8 Å². The third kappa shape index (κ3) is 2.73. The minimum absolute atomic E-state index is 0.137. The number of piperazine rings is 1. The summed E-state index contributed by atoms with van der Waals surface area (Å²) in [5, 5.41) is 0. The van der Waals surface area contributed by atoms with E-state index in [1.165, 1.54) is 0 Å². The Balaban J connectivity index is 2.03. The van der Waals surface area contributed by atoms with Gasteiger partial charge in [-0.2, -0.15) is 0 Å². The van der Waals surface area contributed by atoms with Crippen molar-refractivity contribution in [3.63, 3.8) is 0 Å². The van der Waals surface area contributed by atoms with E-state index in [0.29, 0.717) is 12.1 Å². The second kappa shape index (κ2) is 4.48. The molecule has 4 heteroatoms. The maximum Gasteiger partial charge on any atom is 0.410 e. The van der Waals surface area contributed by atoms with Crippen LogP contribution in [0.25, 0.3) is 0 Å². The molecule has 2 rings (SSSR count). The van der Waals surface area contributed by atoms with Gasteiger partial charge in [-0.15, -0.1) is 0 Å². The molecule has 3 atom stereocenters. The fraction of sp³-hybridized carbons (Fsp3) is 0.923. The van der Waals surface area contributed by atoms with Crippen molar-refractivity contribution in [1.29, 1.82) is 0 Å². The number of amides is 1. The molecule has 4 nitrogen and oxygen atoms in total. The summed E-state index contributed by atoms with van der Waals surface area (Å²) >= 11 is 0. The average Bonchev–Trinajstić information content (AvgIpc) is 2.60. The highest BCUT2D eigenvalue weighted by Crippen LogP contribution is 2.27. The highest BCUT2D eigenvalue weighted by atomic mass is 16.6. The lowest BCUT2D eigenvalue weighted by Gasteiger charge is -2.40. The van der Waals surface area contributed by atoms with Crippen molar-refractivity contribution in [2.75, 3.05) is 19.6 Å². The first-order valence-corrected chi connectivity index (χ1v) is 6.64. The van der Waals surface area contributed by atoms with Gasteiger partial charge >= 0.3 is 6.09 Å². The quantitative estimate of drug-likeness (QED) is 0.703. The van der Waals surface area contributed by atoms with Crippen molar-refractivity contribution in [2.24, 2.45) is 0 Å². The molecule has 0 aromatic carbocycles. The standard InChI is InChI=1S/C13H24N2O2/c1-5-10-9-15(11-6-7-14(10)8-11)12(16)17-13(2,3)4/h10-11H,5-9H2,1-4H3. The number of hydrogen-bond acceptors (Lipinski definition) is 3. The lowest BCUT2D eigenvalue weighted by molar-refractivity contribution is 0.00157. The summed E-state index contributed by atoms with van der Waals surface area (Å²) in [6.45, 7) is 10.9. The summed E-state index contributed by atoms with van der Waals surface area (Å²) < 4.78 is 5.49. The molecule has 1 amide bonds. The molecule has 0 aromatic heterocycles. The van der Waals surface area contributed by atoms with E-state index in [9.17, 15) is 4.79 Å². The fourth-order valence-electron chi connectivity index (χ4n) is 2.78. The van der Waals surface area contributed by atoms with Crippen molar-refractivity contribution in [3.8, 4) is 0 Å². The third-order valence-electron chi connectivity index (χ3n) is 3.66. The van der Waals surface area contributed by atoms with Crippen molar-refractivity contribution >= 4 is 6.09 Å². The summed E-state index contributed by atoms with van der Waals surface area (Å²) in [4.78, 5) is 16.6. The van der Waals surface area contributed by atoms with E-state index >= 15 is 0 Å². The first-order chi connectivity index (χ1) is 7.90. The lowest BCUT2D eigenvalue weighted by Crippen LogP contribution is -2.55. The highest BCUT2D eigenvalue weighted by molar-refractivity contribution is 5.69. The van der Waals surface area contributed by atoms with Crippen LogP contribution in [-0.2, 0) is 4.74 Å². The van der Waals surface area contributed by atoms with Crippen LogP contribution in [0.2, 0.25) is 0 Å². The second-order valence-electron chi connectivity index (χ2n) is 6.13. The van der Waals surface area contributed by atoms with Crippen molar-refractivity contribution in [1.82, 2.24) is 9.80 Å². The Hall–Kier alpha value is -0.770. The van der Waals surface area contributed by atoms with Gasteiger partial charge in [-0.05, 0) is 33.6 Å². The number of rotatable bonds is 1. The van der Waals surface area contributed by atoms with Crippen LogP contribution in [0.4, 0.5) is 4.79 Å². The Morgan fingerprint density at radius 1 is 1.35 bits per heavy atom. The zero-order chi connectivity index (χ0) is 12.6. The van der Waals surface area contributed by atoms with Crippen LogP contribution in [0.1, 0.15) is 40.5 Å². The number of hydrogen-bond donors (Lipinski definition) is 0. The minimum atomic E-state index is -0.394. The summed E-state index contributed by atoms with van der Waals surface area (Å²) in [5.41, 5.74) is -0.394. The number of fused-ring (bicyclic) bond motifs is 2. The van der Waals surface area contributed by atoms with Gasteiger partial charge in [0.1, 0.15) is 5.60 Å². The Morgan fingerprint density at radius 2 is 2.06 bits per heavy atom. The average molecular weight is 240 g/mol. The molecular weight excluding hydrogens is 216 g/mol. The molecule has 0 radical (unpaired) electrons. The van der Waals surface area contributed by atoms with Gasteiger partial charge in [0.15, 0.2) is 0 Å². The van der Waals surface area contributed by atoms with Gasteiger partial charge in [-0.1, -0.05) is 6.92 Å². The molecule has 3 unspecified atom stereocenters. The molecule has 2 bridgehead atoms. The first kappa shape index (κ1) is 12.7. The maximum atomic E-state index is 12.1. The molecule has 17 heavy (non-hydrogen) atoms. The van der Waals surface area contributed by atoms with Gasteiger partial charge in [-0.25, -0.2) is 4.79 Å². The Morgan fingerprint density at radius 3 is 2.65 bits per heavy atom. The summed E-state index contributed by atoms with van der Waals surface area (Å²) in [7, 11) is 0. The van der Waals surface area contributed by atoms with E-state index in [1.54, 1.807) is 0 Å². The number of ether oxygens (including phenoxy) is 1. The molecule has 98 valence electrons. The second-order valence-corrected chi connectivity index (χ2v) is 6.13. The maximum absolute atomic E-state index is 12.1. The Labute approximate surface area is 104 Å². The van der Waals surface area contributed by atoms with Crippen molar-refractivity contribution in [2.45, 2.75) is 58.2 Å². The van der Waals surface area contributed by atoms with Crippen LogP contribution in [0, 0.1) is 0 Å². The smallest absolute Gasteiger partial charge is 0.410 e. The lowest BCUT2D eigenvalue weighted by atomic mass is 10.1. The van der Waals surface area contributed by atoms with Crippen LogP contribution < -0.4 is 0 Å². The van der Waals surface area contributed by atoms with Gasteiger partial charge in [0.25, 0.3) is 0 Å². The molecule has 2 fully saturated rings. The van der Waals surface area contributed by atoms with Gasteiger partial charge in [-0.3, -0.25) is 4.90 Å². The van der Waals surface area contributed by atoms with Crippen LogP contribution >= 0.6 is 0 Å². The number of carbonyl (C=O) groups excluding carboxylic acids is 1. The molecule has 2 heterocycles. The van der Waals surface area contributed by atoms with Gasteiger partial charge in [0.2, 0.25) is 0 Å². The van der Waals surface area contributed by atoms with E-state index in [-0.39, 0.29) is 6.09 Å². The van der Waals surface area contributed by atoms with E-state index in [4.69, 9.17) is 4.74 Å².